The average molecular weight is 544 g/mol. The molecule has 0 aromatic heterocycles. The molecule has 0 bridgehead atoms. The number of ether oxygens (including phenoxy) is 2. The minimum absolute atomic E-state index is 0.0216. The van der Waals surface area contributed by atoms with E-state index in [4.69, 9.17) is 9.47 Å². The smallest absolute Gasteiger partial charge is 0.254 e. The number of nitrogens with one attached hydrogen (secondary N) is 1. The third-order valence-corrected chi connectivity index (χ3v) is 8.73. The van der Waals surface area contributed by atoms with Crippen LogP contribution in [0.2, 0.25) is 0 Å². The zero-order valence-corrected chi connectivity index (χ0v) is 24.4. The van der Waals surface area contributed by atoms with E-state index < -0.39 is 0 Å². The first-order valence-corrected chi connectivity index (χ1v) is 15.0. The maximum Gasteiger partial charge on any atom is 0.254 e. The summed E-state index contributed by atoms with van der Waals surface area (Å²) in [6, 6.07) is 6.15. The summed E-state index contributed by atoms with van der Waals surface area (Å²) in [6.45, 7) is 10.5. The number of aryl methyl sites for hydroxylation is 1. The average Bonchev–Trinajstić information content (AvgIpc) is 3.67. The van der Waals surface area contributed by atoms with E-state index in [1.54, 1.807) is 7.11 Å². The number of carbonyl (C=O) groups is 2. The van der Waals surface area contributed by atoms with Gasteiger partial charge in [0.25, 0.3) is 5.91 Å². The second-order valence-corrected chi connectivity index (χ2v) is 12.1. The van der Waals surface area contributed by atoms with Crippen LogP contribution in [-0.4, -0.2) is 91.4 Å². The quantitative estimate of drug-likeness (QED) is 0.369. The monoisotopic (exact) mass is 543 g/mol. The predicted molar refractivity (Wildman–Crippen MR) is 152 cm³/mol. The number of rotatable bonds is 13. The maximum absolute atomic E-state index is 13.7. The zero-order chi connectivity index (χ0) is 27.9. The van der Waals surface area contributed by atoms with Crippen LogP contribution in [0, 0.1) is 24.7 Å². The Morgan fingerprint density at radius 3 is 2.36 bits per heavy atom. The van der Waals surface area contributed by atoms with Crippen LogP contribution in [-0.2, 0) is 9.53 Å². The summed E-state index contributed by atoms with van der Waals surface area (Å²) in [5.74, 6) is 1.69. The third kappa shape index (κ3) is 7.95. The van der Waals surface area contributed by atoms with Crippen LogP contribution in [0.3, 0.4) is 0 Å². The van der Waals surface area contributed by atoms with Gasteiger partial charge >= 0.3 is 0 Å². The molecule has 2 aliphatic carbocycles. The van der Waals surface area contributed by atoms with Gasteiger partial charge in [-0.25, -0.2) is 0 Å². The van der Waals surface area contributed by atoms with Crippen molar-refractivity contribution in [2.24, 2.45) is 17.8 Å². The highest BCUT2D eigenvalue weighted by Crippen LogP contribution is 2.34. The first-order valence-electron chi connectivity index (χ1n) is 15.0. The van der Waals surface area contributed by atoms with Crippen LogP contribution in [0.25, 0.3) is 0 Å². The molecule has 1 saturated heterocycles. The maximum atomic E-state index is 13.7. The number of benzene rings is 1. The number of nitrogens with zero attached hydrogens (tertiary/aromatic N) is 2. The van der Waals surface area contributed by atoms with E-state index in [9.17, 15) is 14.7 Å². The number of aliphatic hydroxyl groups excluding tert-OH is 1. The summed E-state index contributed by atoms with van der Waals surface area (Å²) < 4.78 is 11.1. The number of amides is 2. The second kappa shape index (κ2) is 14.0. The zero-order valence-electron chi connectivity index (χ0n) is 24.4. The third-order valence-electron chi connectivity index (χ3n) is 8.73. The Morgan fingerprint density at radius 1 is 1.03 bits per heavy atom. The van der Waals surface area contributed by atoms with Crippen LogP contribution in [0.5, 0.6) is 5.75 Å². The molecule has 1 aromatic rings. The SMILES string of the molecule is COCCCOc1cc(C(=O)N(C[C@@H]2CNC[C@H]2CN(C(=O)[C@H]2CC[C@@H](O)CC2)C2CC2)C(C)C)ccc1C. The largest absolute Gasteiger partial charge is 0.493 e. The van der Waals surface area contributed by atoms with Crippen molar-refractivity contribution in [1.29, 1.82) is 0 Å². The molecule has 3 fully saturated rings. The molecule has 218 valence electrons. The Kier molecular flexibility index (Phi) is 10.7. The number of methoxy groups -OCH3 is 1. The summed E-state index contributed by atoms with van der Waals surface area (Å²) in [6.07, 6.45) is 5.76. The van der Waals surface area contributed by atoms with E-state index in [0.29, 0.717) is 37.3 Å². The van der Waals surface area contributed by atoms with Crippen LogP contribution in [0.1, 0.15) is 74.7 Å². The Morgan fingerprint density at radius 2 is 1.72 bits per heavy atom. The molecule has 8 heteroatoms. The fourth-order valence-electron chi connectivity index (χ4n) is 6.05. The molecule has 2 N–H and O–H groups in total. The van der Waals surface area contributed by atoms with E-state index in [2.05, 4.69) is 24.1 Å². The van der Waals surface area contributed by atoms with Crippen molar-refractivity contribution in [3.8, 4) is 5.75 Å². The van der Waals surface area contributed by atoms with Crippen LogP contribution in [0.15, 0.2) is 18.2 Å². The molecule has 8 nitrogen and oxygen atoms in total. The van der Waals surface area contributed by atoms with Gasteiger partial charge in [-0.05, 0) is 88.8 Å². The van der Waals surface area contributed by atoms with Gasteiger partial charge in [0.15, 0.2) is 0 Å². The molecular formula is C31H49N3O5. The number of carbonyl (C=O) groups excluding carboxylic acids is 2. The van der Waals surface area contributed by atoms with Crippen molar-refractivity contribution in [3.05, 3.63) is 29.3 Å². The van der Waals surface area contributed by atoms with Crippen LogP contribution in [0.4, 0.5) is 0 Å². The van der Waals surface area contributed by atoms with Crippen molar-refractivity contribution in [2.75, 3.05) is 46.5 Å². The minimum atomic E-state index is -0.252. The van der Waals surface area contributed by atoms with Crippen molar-refractivity contribution in [1.82, 2.24) is 15.1 Å². The molecule has 2 saturated carbocycles. The van der Waals surface area contributed by atoms with Gasteiger partial charge in [-0.3, -0.25) is 9.59 Å². The van der Waals surface area contributed by atoms with E-state index in [1.807, 2.05) is 30.0 Å². The molecule has 1 heterocycles. The highest BCUT2D eigenvalue weighted by atomic mass is 16.5. The van der Waals surface area contributed by atoms with Crippen molar-refractivity contribution < 1.29 is 24.2 Å². The first kappa shape index (κ1) is 29.8. The molecule has 0 unspecified atom stereocenters. The number of hydrogen-bond acceptors (Lipinski definition) is 6. The molecule has 2 amide bonds. The highest BCUT2D eigenvalue weighted by molar-refractivity contribution is 5.95. The van der Waals surface area contributed by atoms with Gasteiger partial charge < -0.3 is 29.7 Å². The van der Waals surface area contributed by atoms with E-state index in [1.165, 1.54) is 0 Å². The standard InChI is InChI=1S/C31H49N3O5/c1-21(2)33(31(37)24-7-6-22(3)29(16-24)39-15-5-14-38-4)19-25-17-32-18-26(25)20-34(27-10-11-27)30(36)23-8-12-28(35)13-9-23/h6-7,16,21,23,25-28,32,35H,5,8-15,17-20H2,1-4H3/t23-,25-,26-,28+/m0/s1. The van der Waals surface area contributed by atoms with E-state index in [-0.39, 0.29) is 35.8 Å². The number of hydrogen-bond donors (Lipinski definition) is 2. The fraction of sp³-hybridized carbons (Fsp3) is 0.742. The van der Waals surface area contributed by atoms with Gasteiger partial charge in [-0.2, -0.15) is 0 Å². The molecule has 0 spiro atoms. The lowest BCUT2D eigenvalue weighted by molar-refractivity contribution is -0.138. The second-order valence-electron chi connectivity index (χ2n) is 12.1. The van der Waals surface area contributed by atoms with Gasteiger partial charge in [0.05, 0.1) is 12.7 Å². The summed E-state index contributed by atoms with van der Waals surface area (Å²) in [4.78, 5) is 31.4. The summed E-state index contributed by atoms with van der Waals surface area (Å²) in [7, 11) is 1.68. The van der Waals surface area contributed by atoms with Crippen molar-refractivity contribution >= 4 is 11.8 Å². The molecule has 3 aliphatic rings. The molecule has 39 heavy (non-hydrogen) atoms. The molecule has 0 radical (unpaired) electrons. The van der Waals surface area contributed by atoms with Crippen LogP contribution >= 0.6 is 0 Å². The number of aliphatic hydroxyl groups is 1. The Balaban J connectivity index is 1.41. The van der Waals surface area contributed by atoms with Crippen molar-refractivity contribution in [2.45, 2.75) is 83.9 Å². The fourth-order valence-corrected chi connectivity index (χ4v) is 6.05. The lowest BCUT2D eigenvalue weighted by Crippen LogP contribution is -2.46. The summed E-state index contributed by atoms with van der Waals surface area (Å²) in [5.41, 5.74) is 1.66. The molecular weight excluding hydrogens is 494 g/mol. The molecule has 1 aromatic carbocycles. The lowest BCUT2D eigenvalue weighted by Gasteiger charge is -2.35. The van der Waals surface area contributed by atoms with Gasteiger partial charge in [0, 0.05) is 69.9 Å². The minimum Gasteiger partial charge on any atom is -0.493 e. The van der Waals surface area contributed by atoms with Crippen LogP contribution < -0.4 is 10.1 Å². The van der Waals surface area contributed by atoms with E-state index in [0.717, 1.165) is 75.9 Å². The first-order chi connectivity index (χ1) is 18.8. The predicted octanol–water partition coefficient (Wildman–Crippen LogP) is 3.64. The molecule has 2 atom stereocenters. The van der Waals surface area contributed by atoms with Gasteiger partial charge in [0.1, 0.15) is 5.75 Å². The summed E-state index contributed by atoms with van der Waals surface area (Å²) in [5, 5.41) is 13.4. The van der Waals surface area contributed by atoms with E-state index >= 15 is 0 Å². The van der Waals surface area contributed by atoms with Crippen molar-refractivity contribution in [3.63, 3.8) is 0 Å². The highest BCUT2D eigenvalue weighted by Gasteiger charge is 2.40. The van der Waals surface area contributed by atoms with Gasteiger partial charge in [0.2, 0.25) is 5.91 Å². The molecule has 4 rings (SSSR count). The van der Waals surface area contributed by atoms with Gasteiger partial charge in [-0.15, -0.1) is 0 Å². The normalized spacial score (nSPS) is 25.1. The Bertz CT molecular complexity index is 958. The topological polar surface area (TPSA) is 91.3 Å². The summed E-state index contributed by atoms with van der Waals surface area (Å²) >= 11 is 0. The Hall–Kier alpha value is -2.16. The lowest BCUT2D eigenvalue weighted by atomic mass is 9.86. The van der Waals surface area contributed by atoms with Gasteiger partial charge in [-0.1, -0.05) is 6.07 Å². The Labute approximate surface area is 234 Å². The molecule has 1 aliphatic heterocycles.